The number of hydrogen-bond acceptors (Lipinski definition) is 7. The van der Waals surface area contributed by atoms with Gasteiger partial charge < -0.3 is 19.1 Å². The Kier molecular flexibility index (Phi) is 7.76. The number of piperidine rings is 1. The van der Waals surface area contributed by atoms with Gasteiger partial charge in [-0.25, -0.2) is 4.72 Å². The van der Waals surface area contributed by atoms with Crippen LogP contribution in [0.2, 0.25) is 0 Å². The summed E-state index contributed by atoms with van der Waals surface area (Å²) in [5, 5.41) is 12.0. The molecule has 3 aromatic rings. The van der Waals surface area contributed by atoms with Crippen molar-refractivity contribution in [3.8, 4) is 17.0 Å². The molecule has 2 aromatic carbocycles. The number of carbonyl (C=O) groups is 1. The topological polar surface area (TPSA) is 113 Å². The van der Waals surface area contributed by atoms with Crippen molar-refractivity contribution in [2.45, 2.75) is 113 Å². The number of rotatable bonds is 8. The van der Waals surface area contributed by atoms with Crippen LogP contribution in [0.1, 0.15) is 104 Å². The van der Waals surface area contributed by atoms with Gasteiger partial charge in [-0.3, -0.25) is 9.69 Å². The lowest BCUT2D eigenvalue weighted by atomic mass is 9.81. The molecule has 1 amide bonds. The maximum Gasteiger partial charge on any atom is 0.303 e. The lowest BCUT2D eigenvalue weighted by Gasteiger charge is -2.42. The van der Waals surface area contributed by atoms with Crippen LogP contribution in [0.4, 0.5) is 0 Å². The van der Waals surface area contributed by atoms with E-state index in [1.54, 1.807) is 13.2 Å². The summed E-state index contributed by atoms with van der Waals surface area (Å²) in [6.45, 7) is 3.13. The first-order chi connectivity index (χ1) is 22.9. The Bertz CT molecular complexity index is 1860. The fourth-order valence-electron chi connectivity index (χ4n) is 9.51. The largest absolute Gasteiger partial charge is 0.497 e. The van der Waals surface area contributed by atoms with E-state index < -0.39 is 27.3 Å². The Morgan fingerprint density at radius 2 is 1.75 bits per heavy atom. The molecule has 2 saturated carbocycles. The molecule has 0 spiro atoms. The fraction of sp³-hybridized carbons (Fsp3) is 0.595. The van der Waals surface area contributed by atoms with Gasteiger partial charge >= 0.3 is 10.2 Å². The molecular weight excluding hydrogens is 628 g/mol. The predicted molar refractivity (Wildman–Crippen MR) is 184 cm³/mol. The Morgan fingerprint density at radius 3 is 2.44 bits per heavy atom. The number of carbonyl (C=O) groups excluding carboxylic acids is 1. The quantitative estimate of drug-likeness (QED) is 0.325. The molecule has 2 unspecified atom stereocenters. The summed E-state index contributed by atoms with van der Waals surface area (Å²) in [7, 11) is 0.566. The monoisotopic (exact) mass is 676 g/mol. The van der Waals surface area contributed by atoms with Crippen LogP contribution in [0.5, 0.6) is 5.75 Å². The molecule has 2 aliphatic carbocycles. The summed E-state index contributed by atoms with van der Waals surface area (Å²) in [4.78, 5) is 15.8. The molecule has 4 atom stereocenters. The number of benzene rings is 2. The minimum Gasteiger partial charge on any atom is -0.497 e. The number of nitrogens with one attached hydrogen (secondary N) is 1. The summed E-state index contributed by atoms with van der Waals surface area (Å²) < 4.78 is 43.6. The van der Waals surface area contributed by atoms with Crippen molar-refractivity contribution in [2.75, 3.05) is 27.9 Å². The number of hydrogen-bond donors (Lipinski definition) is 2. The summed E-state index contributed by atoms with van der Waals surface area (Å²) in [6, 6.07) is 12.7. The molecule has 0 radical (unpaired) electrons. The fourth-order valence-corrected chi connectivity index (χ4v) is 10.0. The first kappa shape index (κ1) is 32.3. The predicted octanol–water partition coefficient (Wildman–Crippen LogP) is 5.49. The van der Waals surface area contributed by atoms with Gasteiger partial charge in [-0.2, -0.15) is 12.7 Å². The van der Waals surface area contributed by atoms with Crippen LogP contribution in [-0.4, -0.2) is 84.4 Å². The van der Waals surface area contributed by atoms with Crippen molar-refractivity contribution in [1.29, 1.82) is 0 Å². The van der Waals surface area contributed by atoms with Crippen LogP contribution in [-0.2, 0) is 21.5 Å². The van der Waals surface area contributed by atoms with E-state index >= 15 is 0 Å². The van der Waals surface area contributed by atoms with Crippen LogP contribution in [0, 0.1) is 0 Å². The molecule has 5 aliphatic rings. The maximum atomic E-state index is 13.4. The second-order valence-corrected chi connectivity index (χ2v) is 17.4. The SMILES string of the molecule is COc1ccc2c(c1)[C@@H]1C[C@]1(OCN1C3CCC1CC(C)(O)C3)Cn1c-2c(C2CCCCC2)c2ccc(C(=O)NS(=O)(=O)N(C)C)cc21. The highest BCUT2D eigenvalue weighted by Crippen LogP contribution is 2.62. The minimum absolute atomic E-state index is 0.194. The summed E-state index contributed by atoms with van der Waals surface area (Å²) >= 11 is 0. The lowest BCUT2D eigenvalue weighted by molar-refractivity contribution is -0.107. The number of methoxy groups -OCH3 is 1. The molecule has 8 rings (SSSR count). The van der Waals surface area contributed by atoms with E-state index in [1.165, 1.54) is 55.7 Å². The molecule has 48 heavy (non-hydrogen) atoms. The van der Waals surface area contributed by atoms with Crippen molar-refractivity contribution in [3.05, 3.63) is 53.1 Å². The number of aromatic nitrogens is 1. The number of fused-ring (bicyclic) bond motifs is 9. The average Bonchev–Trinajstić information content (AvgIpc) is 3.61. The van der Waals surface area contributed by atoms with Gasteiger partial charge in [-0.05, 0) is 99.2 Å². The van der Waals surface area contributed by atoms with Gasteiger partial charge in [0.25, 0.3) is 5.91 Å². The van der Waals surface area contributed by atoms with Crippen LogP contribution < -0.4 is 9.46 Å². The Hall–Kier alpha value is -2.96. The second kappa shape index (κ2) is 11.6. The maximum absolute atomic E-state index is 13.4. The van der Waals surface area contributed by atoms with Gasteiger partial charge in [0, 0.05) is 54.1 Å². The first-order valence-electron chi connectivity index (χ1n) is 17.6. The highest BCUT2D eigenvalue weighted by molar-refractivity contribution is 7.87. The molecule has 2 bridgehead atoms. The third kappa shape index (κ3) is 5.37. The van der Waals surface area contributed by atoms with E-state index in [0.29, 0.717) is 36.8 Å². The van der Waals surface area contributed by atoms with Crippen LogP contribution >= 0.6 is 0 Å². The van der Waals surface area contributed by atoms with E-state index in [1.807, 2.05) is 25.1 Å². The third-order valence-corrected chi connectivity index (χ3v) is 13.4. The standard InChI is InChI=1S/C37H48N4O6S/c1-36(43)18-25-11-12-26(19-36)41(25)22-47-37-20-31(37)30-17-27(46-4)13-15-28(30)34-33(23-8-6-5-7-9-23)29-14-10-24(16-32(29)40(34)21-37)35(42)38-48(44,45)39(2)3/h10,13-17,23,25-26,31,43H,5-9,11-12,18-22H2,1-4H3,(H,38,42)/t25?,26?,31-,36?,37-/m0/s1. The van der Waals surface area contributed by atoms with Crippen molar-refractivity contribution in [3.63, 3.8) is 0 Å². The van der Waals surface area contributed by atoms with E-state index in [4.69, 9.17) is 9.47 Å². The number of aliphatic hydroxyl groups is 1. The van der Waals surface area contributed by atoms with Crippen molar-refractivity contribution < 1.29 is 27.8 Å². The van der Waals surface area contributed by atoms with Crippen LogP contribution in [0.25, 0.3) is 22.2 Å². The number of amides is 1. The molecule has 1 aromatic heterocycles. The molecule has 4 fully saturated rings. The van der Waals surface area contributed by atoms with Crippen molar-refractivity contribution in [1.82, 2.24) is 18.5 Å². The Morgan fingerprint density at radius 1 is 1.02 bits per heavy atom. The summed E-state index contributed by atoms with van der Waals surface area (Å²) in [6.07, 6.45) is 10.5. The highest BCUT2D eigenvalue weighted by Gasteiger charge is 2.60. The van der Waals surface area contributed by atoms with E-state index in [0.717, 1.165) is 65.9 Å². The van der Waals surface area contributed by atoms with E-state index in [-0.39, 0.29) is 5.92 Å². The van der Waals surface area contributed by atoms with Crippen molar-refractivity contribution in [2.24, 2.45) is 0 Å². The van der Waals surface area contributed by atoms with Gasteiger partial charge in [0.15, 0.2) is 0 Å². The van der Waals surface area contributed by atoms with Gasteiger partial charge in [-0.1, -0.05) is 25.3 Å². The molecule has 3 aliphatic heterocycles. The zero-order valence-electron chi connectivity index (χ0n) is 28.5. The van der Waals surface area contributed by atoms with Crippen molar-refractivity contribution >= 4 is 27.0 Å². The lowest BCUT2D eigenvalue weighted by Crippen LogP contribution is -2.51. The first-order valence-corrected chi connectivity index (χ1v) is 19.0. The molecule has 2 N–H and O–H groups in total. The Balaban J connectivity index is 1.24. The van der Waals surface area contributed by atoms with E-state index in [2.05, 4.69) is 26.3 Å². The van der Waals surface area contributed by atoms with E-state index in [9.17, 15) is 18.3 Å². The normalized spacial score (nSPS) is 30.1. The zero-order valence-corrected chi connectivity index (χ0v) is 29.3. The molecule has 4 heterocycles. The highest BCUT2D eigenvalue weighted by atomic mass is 32.2. The summed E-state index contributed by atoms with van der Waals surface area (Å²) in [5.41, 5.74) is 5.14. The van der Waals surface area contributed by atoms with Gasteiger partial charge in [-0.15, -0.1) is 0 Å². The summed E-state index contributed by atoms with van der Waals surface area (Å²) in [5.74, 6) is 0.768. The van der Waals surface area contributed by atoms with Gasteiger partial charge in [0.2, 0.25) is 0 Å². The molecular formula is C37H48N4O6S. The molecule has 258 valence electrons. The minimum atomic E-state index is -3.95. The zero-order chi connectivity index (χ0) is 33.6. The van der Waals surface area contributed by atoms with Crippen LogP contribution in [0.3, 0.4) is 0 Å². The molecule has 11 heteroatoms. The van der Waals surface area contributed by atoms with Gasteiger partial charge in [0.1, 0.15) is 12.5 Å². The Labute approximate surface area is 283 Å². The molecule has 2 saturated heterocycles. The third-order valence-electron chi connectivity index (χ3n) is 12.0. The van der Waals surface area contributed by atoms with Crippen LogP contribution in [0.15, 0.2) is 36.4 Å². The average molecular weight is 677 g/mol. The number of ether oxygens (including phenoxy) is 2. The second-order valence-electron chi connectivity index (χ2n) is 15.5. The molecule has 10 nitrogen and oxygen atoms in total. The van der Waals surface area contributed by atoms with Gasteiger partial charge in [0.05, 0.1) is 30.6 Å². The number of nitrogens with zero attached hydrogens (tertiary/aromatic N) is 3. The smallest absolute Gasteiger partial charge is 0.303 e.